The van der Waals surface area contributed by atoms with Crippen LogP contribution in [0.1, 0.15) is 157 Å². The summed E-state index contributed by atoms with van der Waals surface area (Å²) in [5, 5.41) is 21.1. The molecule has 13 nitrogen and oxygen atoms in total. The third-order valence-electron chi connectivity index (χ3n) is 19.9. The number of Topliss-reactive ketones (excluding diaryl/α,β-unsaturated/α-hetero) is 1. The molecule has 1 heterocycles. The maximum atomic E-state index is 14.8. The van der Waals surface area contributed by atoms with Gasteiger partial charge in [0.05, 0.1) is 29.7 Å². The van der Waals surface area contributed by atoms with Crippen molar-refractivity contribution >= 4 is 47.2 Å². The molecule has 10 atom stereocenters. The number of hydrogen-bond acceptors (Lipinski definition) is 9. The summed E-state index contributed by atoms with van der Waals surface area (Å²) >= 11 is 6.13. The summed E-state index contributed by atoms with van der Waals surface area (Å²) in [6.45, 7) is 21.7. The number of aromatic nitrogens is 2. The van der Waals surface area contributed by atoms with Gasteiger partial charge in [0, 0.05) is 22.4 Å². The van der Waals surface area contributed by atoms with Crippen LogP contribution in [-0.4, -0.2) is 74.3 Å². The Kier molecular flexibility index (Phi) is 11.6. The highest BCUT2D eigenvalue weighted by Crippen LogP contribution is 2.76. The highest BCUT2D eigenvalue weighted by Gasteiger charge is 2.71. The molecule has 9 rings (SSSR count). The van der Waals surface area contributed by atoms with Crippen molar-refractivity contribution in [2.75, 3.05) is 6.61 Å². The Morgan fingerprint density at radius 3 is 2.15 bits per heavy atom. The standard InChI is InChI=1S/C54H71ClN4O9/c1-11-67-47(66)59-36(27-35(58-59)30-12-14-31(55)15-13-30)43(61)56-53(24-25-53)46(65)57-54-23-22-51(9)32(42(54)41(29(2)3)37(60)28-54)16-17-39-50(8)20-19-40(49(6,7)38(50)18-21-52(39,51)10)68-45(64)34-26-33(44(62)63)48(34,4)5/h12-15,27,29,32-34,38-40H,11,16-26,28H2,1-10H3,(H,56,61)(H,57,65)(H,62,63)/t32-,33+,34-,38+,39-,40+,50+,51-,52-,54-/m1/s1. The Morgan fingerprint density at radius 2 is 1.53 bits per heavy atom. The first kappa shape index (κ1) is 48.5. The van der Waals surface area contributed by atoms with E-state index in [0.717, 1.165) is 60.8 Å². The average Bonchev–Trinajstić information content (AvgIpc) is 3.78. The van der Waals surface area contributed by atoms with Crippen molar-refractivity contribution in [1.29, 1.82) is 0 Å². The van der Waals surface area contributed by atoms with E-state index in [1.807, 2.05) is 13.8 Å². The molecular weight excluding hydrogens is 884 g/mol. The smallest absolute Gasteiger partial charge is 0.435 e. The summed E-state index contributed by atoms with van der Waals surface area (Å²) in [4.78, 5) is 82.1. The summed E-state index contributed by atoms with van der Waals surface area (Å²) in [5.41, 5.74) is -0.390. The van der Waals surface area contributed by atoms with Crippen LogP contribution in [0.3, 0.4) is 0 Å². The fourth-order valence-electron chi connectivity index (χ4n) is 15.7. The zero-order chi connectivity index (χ0) is 49.3. The summed E-state index contributed by atoms with van der Waals surface area (Å²) in [6, 6.07) is 8.40. The monoisotopic (exact) mass is 954 g/mol. The van der Waals surface area contributed by atoms with Crippen LogP contribution in [0, 0.1) is 62.6 Å². The van der Waals surface area contributed by atoms with Gasteiger partial charge in [-0.05, 0) is 152 Å². The summed E-state index contributed by atoms with van der Waals surface area (Å²) in [6.07, 6.45) is 7.25. The molecule has 2 aromatic rings. The Hall–Kier alpha value is -4.52. The molecule has 7 aliphatic rings. The topological polar surface area (TPSA) is 183 Å². The minimum Gasteiger partial charge on any atom is -0.481 e. The van der Waals surface area contributed by atoms with Crippen molar-refractivity contribution in [1.82, 2.24) is 20.4 Å². The van der Waals surface area contributed by atoms with E-state index in [2.05, 4.69) is 64.2 Å². The van der Waals surface area contributed by atoms with E-state index in [9.17, 15) is 33.9 Å². The summed E-state index contributed by atoms with van der Waals surface area (Å²) in [7, 11) is 0. The van der Waals surface area contributed by atoms with Crippen molar-refractivity contribution in [3.63, 3.8) is 0 Å². The SMILES string of the molecule is CCOC(=O)n1nc(-c2ccc(Cl)cc2)cc1C(=O)NC1(C(=O)N[C@@]23CC[C@]4(C)[C@H](CC[C@@H]5[C@@]6(C)CC[C@H](OC(=O)[C@H]7C[C@@H](C(=O)O)C7(C)C)C(C)(C)[C@@H]6CC[C@]54C)C2=C(C(C)C)C(=O)C3)CC1. The molecule has 1 aromatic heterocycles. The van der Waals surface area contributed by atoms with Gasteiger partial charge in [0.1, 0.15) is 17.3 Å². The Balaban J connectivity index is 0.955. The Morgan fingerprint density at radius 1 is 0.838 bits per heavy atom. The van der Waals surface area contributed by atoms with Crippen LogP contribution in [0.4, 0.5) is 4.79 Å². The molecule has 6 saturated carbocycles. The van der Waals surface area contributed by atoms with Crippen molar-refractivity contribution in [2.24, 2.45) is 62.6 Å². The third kappa shape index (κ3) is 7.14. The molecule has 0 unspecified atom stereocenters. The first-order valence-electron chi connectivity index (χ1n) is 25.2. The van der Waals surface area contributed by atoms with Crippen LogP contribution in [0.25, 0.3) is 11.3 Å². The van der Waals surface area contributed by atoms with Gasteiger partial charge >= 0.3 is 18.0 Å². The van der Waals surface area contributed by atoms with Gasteiger partial charge in [0.25, 0.3) is 5.91 Å². The van der Waals surface area contributed by atoms with Crippen molar-refractivity contribution in [3.8, 4) is 11.3 Å². The molecule has 0 saturated heterocycles. The van der Waals surface area contributed by atoms with Gasteiger partial charge in [-0.3, -0.25) is 24.0 Å². The fraction of sp³-hybridized carbons (Fsp3) is 0.685. The van der Waals surface area contributed by atoms with E-state index in [1.165, 1.54) is 6.07 Å². The van der Waals surface area contributed by atoms with Crippen LogP contribution >= 0.6 is 11.6 Å². The van der Waals surface area contributed by atoms with Gasteiger partial charge in [0.15, 0.2) is 5.78 Å². The molecular formula is C54H71ClN4O9. The Bertz CT molecular complexity index is 2500. The Labute approximate surface area is 405 Å². The molecule has 14 heteroatoms. The van der Waals surface area contributed by atoms with E-state index in [0.29, 0.717) is 53.8 Å². The maximum absolute atomic E-state index is 14.8. The highest BCUT2D eigenvalue weighted by atomic mass is 35.5. The molecule has 0 bridgehead atoms. The molecule has 0 aliphatic heterocycles. The lowest BCUT2D eigenvalue weighted by Crippen LogP contribution is -2.68. The number of hydrogen-bond donors (Lipinski definition) is 3. The molecule has 68 heavy (non-hydrogen) atoms. The van der Waals surface area contributed by atoms with Gasteiger partial charge in [-0.15, -0.1) is 0 Å². The summed E-state index contributed by atoms with van der Waals surface area (Å²) in [5.74, 6) is -2.22. The van der Waals surface area contributed by atoms with Crippen molar-refractivity contribution in [3.05, 3.63) is 52.2 Å². The van der Waals surface area contributed by atoms with E-state index >= 15 is 0 Å². The predicted molar refractivity (Wildman–Crippen MR) is 255 cm³/mol. The van der Waals surface area contributed by atoms with E-state index in [1.54, 1.807) is 31.2 Å². The van der Waals surface area contributed by atoms with Crippen LogP contribution < -0.4 is 10.6 Å². The summed E-state index contributed by atoms with van der Waals surface area (Å²) < 4.78 is 12.6. The number of allylic oxidation sites excluding steroid dienone is 1. The van der Waals surface area contributed by atoms with Crippen LogP contribution in [0.2, 0.25) is 5.02 Å². The number of carbonyl (C=O) groups is 6. The van der Waals surface area contributed by atoms with E-state index < -0.39 is 46.3 Å². The predicted octanol–water partition coefficient (Wildman–Crippen LogP) is 9.98. The van der Waals surface area contributed by atoms with Gasteiger partial charge in [-0.1, -0.05) is 86.0 Å². The van der Waals surface area contributed by atoms with Crippen LogP contribution in [-0.2, 0) is 28.7 Å². The number of amides is 2. The third-order valence-corrected chi connectivity index (χ3v) is 20.1. The fourth-order valence-corrected chi connectivity index (χ4v) is 15.8. The normalized spacial score (nSPS) is 36.0. The number of carboxylic acid groups (broad SMARTS) is 1. The number of carboxylic acids is 1. The highest BCUT2D eigenvalue weighted by molar-refractivity contribution is 6.30. The molecule has 2 amide bonds. The second-order valence-electron chi connectivity index (χ2n) is 24.1. The molecule has 3 N–H and O–H groups in total. The van der Waals surface area contributed by atoms with Crippen molar-refractivity contribution in [2.45, 2.75) is 163 Å². The van der Waals surface area contributed by atoms with Gasteiger partial charge in [0.2, 0.25) is 5.91 Å². The minimum atomic E-state index is -1.23. The van der Waals surface area contributed by atoms with Crippen LogP contribution in [0.15, 0.2) is 41.5 Å². The van der Waals surface area contributed by atoms with E-state index in [4.69, 9.17) is 21.1 Å². The number of aliphatic carboxylic acids is 1. The number of nitrogens with one attached hydrogen (secondary N) is 2. The van der Waals surface area contributed by atoms with E-state index in [-0.39, 0.29) is 76.0 Å². The first-order valence-corrected chi connectivity index (χ1v) is 25.6. The minimum absolute atomic E-state index is 0.0180. The van der Waals surface area contributed by atoms with Gasteiger partial charge in [-0.25, -0.2) is 4.79 Å². The molecule has 0 radical (unpaired) electrons. The maximum Gasteiger partial charge on any atom is 0.435 e. The first-order chi connectivity index (χ1) is 31.8. The van der Waals surface area contributed by atoms with Gasteiger partial charge in [-0.2, -0.15) is 9.78 Å². The number of carbonyl (C=O) groups excluding carboxylic acids is 5. The number of benzene rings is 1. The molecule has 7 aliphatic carbocycles. The van der Waals surface area contributed by atoms with Crippen molar-refractivity contribution < 1.29 is 43.3 Å². The molecule has 0 spiro atoms. The average molecular weight is 956 g/mol. The second-order valence-corrected chi connectivity index (χ2v) is 24.5. The number of fused-ring (bicyclic) bond motifs is 7. The number of esters is 1. The number of rotatable bonds is 10. The lowest BCUT2D eigenvalue weighted by atomic mass is 9.33. The molecule has 6 fully saturated rings. The lowest BCUT2D eigenvalue weighted by Gasteiger charge is -2.72. The largest absolute Gasteiger partial charge is 0.481 e. The van der Waals surface area contributed by atoms with Crippen LogP contribution in [0.5, 0.6) is 0 Å². The number of halogens is 1. The number of nitrogens with zero attached hydrogens (tertiary/aromatic N) is 2. The second kappa shape index (κ2) is 16.3. The molecule has 1 aromatic carbocycles. The van der Waals surface area contributed by atoms with Gasteiger partial charge < -0.3 is 25.2 Å². The number of ketones is 1. The zero-order valence-corrected chi connectivity index (χ0v) is 42.4. The zero-order valence-electron chi connectivity index (χ0n) is 41.6. The lowest BCUT2D eigenvalue weighted by molar-refractivity contribution is -0.235. The molecule has 368 valence electrons. The quantitative estimate of drug-likeness (QED) is 0.194. The number of ether oxygens (including phenoxy) is 2.